The van der Waals surface area contributed by atoms with Crippen LogP contribution in [0.2, 0.25) is 0 Å². The van der Waals surface area contributed by atoms with Gasteiger partial charge in [-0.1, -0.05) is 78.9 Å². The van der Waals surface area contributed by atoms with Crippen molar-refractivity contribution >= 4 is 30.5 Å². The van der Waals surface area contributed by atoms with Gasteiger partial charge in [0.05, 0.1) is 11.8 Å². The fourth-order valence-electron chi connectivity index (χ4n) is 4.80. The van der Waals surface area contributed by atoms with Crippen molar-refractivity contribution in [2.75, 3.05) is 6.54 Å². The summed E-state index contributed by atoms with van der Waals surface area (Å²) in [6.07, 6.45) is -0.640. The van der Waals surface area contributed by atoms with Crippen LogP contribution in [0, 0.1) is 0 Å². The van der Waals surface area contributed by atoms with E-state index in [1.54, 1.807) is 53.7 Å². The van der Waals surface area contributed by atoms with Crippen LogP contribution in [0.15, 0.2) is 88.8 Å². The van der Waals surface area contributed by atoms with Gasteiger partial charge in [-0.25, -0.2) is 9.59 Å². The van der Waals surface area contributed by atoms with Crippen LogP contribution < -0.4 is 5.32 Å². The van der Waals surface area contributed by atoms with E-state index in [1.807, 2.05) is 75.4 Å². The van der Waals surface area contributed by atoms with Gasteiger partial charge in [-0.15, -0.1) is 0 Å². The molecule has 0 spiro atoms. The molecule has 0 heterocycles. The molecule has 250 valence electrons. The third kappa shape index (κ3) is 11.2. The number of fused-ring (bicyclic) bond motifs is 3. The second-order valence-electron chi connectivity index (χ2n) is 14.0. The Hall–Kier alpha value is -4.79. The number of hydrogen-bond acceptors (Lipinski definition) is 8. The third-order valence-corrected chi connectivity index (χ3v) is 6.43. The number of amides is 1. The Bertz CT molecular complexity index is 1550. The number of carbonyl (C=O) groups is 3. The zero-order chi connectivity index (χ0) is 35.0. The van der Waals surface area contributed by atoms with E-state index < -0.39 is 40.9 Å². The van der Waals surface area contributed by atoms with Crippen molar-refractivity contribution in [3.8, 4) is 11.1 Å². The Morgan fingerprint density at radius 2 is 1.11 bits per heavy atom. The number of rotatable bonds is 7. The molecule has 1 aliphatic rings. The first-order valence-corrected chi connectivity index (χ1v) is 15.6. The molecule has 9 heteroatoms. The number of alkyl carbamates (subject to hydrolysis) is 1. The molecule has 0 fully saturated rings. The molecule has 0 saturated carbocycles. The van der Waals surface area contributed by atoms with E-state index >= 15 is 0 Å². The van der Waals surface area contributed by atoms with Crippen LogP contribution in [-0.4, -0.2) is 59.9 Å². The van der Waals surface area contributed by atoms with E-state index in [-0.39, 0.29) is 12.5 Å². The van der Waals surface area contributed by atoms with Gasteiger partial charge in [0, 0.05) is 11.1 Å². The Kier molecular flexibility index (Phi) is 11.9. The van der Waals surface area contributed by atoms with Crippen LogP contribution in [-0.2, 0) is 23.8 Å². The Labute approximate surface area is 278 Å². The summed E-state index contributed by atoms with van der Waals surface area (Å²) < 4.78 is 16.0. The molecule has 0 aromatic heterocycles. The number of hydrogen-bond donors (Lipinski definition) is 1. The van der Waals surface area contributed by atoms with Crippen LogP contribution >= 0.6 is 0 Å². The van der Waals surface area contributed by atoms with Crippen molar-refractivity contribution in [3.05, 3.63) is 95.6 Å². The SMILES string of the molecule is C=NC(C(=O)OC(C)(C)C)C(NC(=O)OC(C)(C)C)c1ccccc1.CC(C)(C)OC(=O)CN=C1c2ccccc2-c2ccccc21. The molecule has 47 heavy (non-hydrogen) atoms. The van der Waals surface area contributed by atoms with E-state index in [9.17, 15) is 14.4 Å². The summed E-state index contributed by atoms with van der Waals surface area (Å²) in [5, 5.41) is 2.71. The van der Waals surface area contributed by atoms with Gasteiger partial charge in [-0.3, -0.25) is 14.8 Å². The molecule has 2 unspecified atom stereocenters. The predicted octanol–water partition coefficient (Wildman–Crippen LogP) is 7.51. The van der Waals surface area contributed by atoms with Gasteiger partial charge in [0.15, 0.2) is 6.04 Å². The third-order valence-electron chi connectivity index (χ3n) is 6.43. The lowest BCUT2D eigenvalue weighted by Crippen LogP contribution is -2.43. The molecule has 1 aliphatic carbocycles. The summed E-state index contributed by atoms with van der Waals surface area (Å²) in [5.74, 6) is -0.866. The maximum atomic E-state index is 12.5. The summed E-state index contributed by atoms with van der Waals surface area (Å²) in [6.45, 7) is 19.7. The molecule has 0 aliphatic heterocycles. The van der Waals surface area contributed by atoms with Crippen molar-refractivity contribution in [2.24, 2.45) is 9.98 Å². The number of aliphatic imine (C=N–C) groups is 2. The monoisotopic (exact) mass is 641 g/mol. The van der Waals surface area contributed by atoms with Crippen LogP contribution in [0.25, 0.3) is 11.1 Å². The lowest BCUT2D eigenvalue weighted by Gasteiger charge is -2.28. The maximum Gasteiger partial charge on any atom is 0.408 e. The maximum absolute atomic E-state index is 12.5. The van der Waals surface area contributed by atoms with E-state index in [4.69, 9.17) is 14.2 Å². The Morgan fingerprint density at radius 3 is 1.55 bits per heavy atom. The lowest BCUT2D eigenvalue weighted by molar-refractivity contribution is -0.157. The summed E-state index contributed by atoms with van der Waals surface area (Å²) in [6, 6.07) is 23.6. The normalized spacial score (nSPS) is 13.4. The highest BCUT2D eigenvalue weighted by Crippen LogP contribution is 2.36. The average molecular weight is 642 g/mol. The first-order valence-electron chi connectivity index (χ1n) is 15.6. The highest BCUT2D eigenvalue weighted by Gasteiger charge is 2.34. The van der Waals surface area contributed by atoms with Crippen LogP contribution in [0.5, 0.6) is 0 Å². The first kappa shape index (κ1) is 36.7. The van der Waals surface area contributed by atoms with Gasteiger partial charge in [0.25, 0.3) is 0 Å². The van der Waals surface area contributed by atoms with Gasteiger partial charge in [-0.05, 0) is 85.7 Å². The number of nitrogens with zero attached hydrogens (tertiary/aromatic N) is 2. The Balaban J connectivity index is 0.000000257. The molecule has 4 rings (SSSR count). The second kappa shape index (κ2) is 15.2. The molecule has 2 atom stereocenters. The molecule has 1 N–H and O–H groups in total. The summed E-state index contributed by atoms with van der Waals surface area (Å²) in [4.78, 5) is 45.1. The predicted molar refractivity (Wildman–Crippen MR) is 186 cm³/mol. The quantitative estimate of drug-likeness (QED) is 0.127. The number of esters is 2. The van der Waals surface area contributed by atoms with E-state index in [0.29, 0.717) is 5.56 Å². The fourth-order valence-corrected chi connectivity index (χ4v) is 4.80. The van der Waals surface area contributed by atoms with E-state index in [1.165, 1.54) is 11.1 Å². The largest absolute Gasteiger partial charge is 0.459 e. The number of carbonyl (C=O) groups excluding carboxylic acids is 3. The van der Waals surface area contributed by atoms with Crippen molar-refractivity contribution < 1.29 is 28.6 Å². The second-order valence-corrected chi connectivity index (χ2v) is 14.0. The summed E-state index contributed by atoms with van der Waals surface area (Å²) >= 11 is 0. The van der Waals surface area contributed by atoms with Gasteiger partial charge in [0.2, 0.25) is 0 Å². The van der Waals surface area contributed by atoms with Crippen molar-refractivity contribution in [1.82, 2.24) is 5.32 Å². The van der Waals surface area contributed by atoms with Crippen molar-refractivity contribution in [3.63, 3.8) is 0 Å². The topological polar surface area (TPSA) is 116 Å². The van der Waals surface area contributed by atoms with Crippen LogP contribution in [0.4, 0.5) is 4.79 Å². The molecule has 0 bridgehead atoms. The van der Waals surface area contributed by atoms with Gasteiger partial charge >= 0.3 is 18.0 Å². The number of nitrogens with one attached hydrogen (secondary N) is 1. The van der Waals surface area contributed by atoms with Gasteiger partial charge in [-0.2, -0.15) is 0 Å². The minimum absolute atomic E-state index is 0.0370. The summed E-state index contributed by atoms with van der Waals surface area (Å²) in [7, 11) is 0. The van der Waals surface area contributed by atoms with Crippen molar-refractivity contribution in [1.29, 1.82) is 0 Å². The molecule has 9 nitrogen and oxygen atoms in total. The van der Waals surface area contributed by atoms with Crippen LogP contribution in [0.3, 0.4) is 0 Å². The zero-order valence-electron chi connectivity index (χ0n) is 28.9. The minimum Gasteiger partial charge on any atom is -0.459 e. The first-order chi connectivity index (χ1) is 21.9. The van der Waals surface area contributed by atoms with Gasteiger partial charge < -0.3 is 19.5 Å². The number of ether oxygens (including phenoxy) is 3. The van der Waals surface area contributed by atoms with Crippen molar-refractivity contribution in [2.45, 2.75) is 91.2 Å². The lowest BCUT2D eigenvalue weighted by atomic mass is 9.99. The van der Waals surface area contributed by atoms with E-state index in [0.717, 1.165) is 16.8 Å². The molecule has 1 amide bonds. The molecule has 0 radical (unpaired) electrons. The number of benzene rings is 3. The molecule has 3 aromatic carbocycles. The average Bonchev–Trinajstić information content (AvgIpc) is 3.27. The highest BCUT2D eigenvalue weighted by atomic mass is 16.6. The molecular formula is C38H47N3O6. The molecular weight excluding hydrogens is 594 g/mol. The highest BCUT2D eigenvalue weighted by molar-refractivity contribution is 6.24. The molecule has 3 aromatic rings. The van der Waals surface area contributed by atoms with E-state index in [2.05, 4.69) is 34.2 Å². The fraction of sp³-hybridized carbons (Fsp3) is 0.395. The summed E-state index contributed by atoms with van der Waals surface area (Å²) in [5.41, 5.74) is 4.25. The molecule has 0 saturated heterocycles. The van der Waals surface area contributed by atoms with Crippen LogP contribution in [0.1, 0.15) is 85.0 Å². The minimum atomic E-state index is -0.992. The standard InChI is InChI=1S/C19H28N2O4.C19H19NO2/c1-18(2,3)24-16(22)15(20-7)14(13-11-9-8-10-12-13)21-17(23)25-19(4,5)6;1-19(2,3)22-17(21)12-20-18-15-10-6-4-8-13(15)14-9-5-7-11-16(14)18/h8-12,14-15H,7H2,1-6H3,(H,21,23);4-11H,12H2,1-3H3. The Morgan fingerprint density at radius 1 is 0.660 bits per heavy atom. The zero-order valence-corrected chi connectivity index (χ0v) is 28.9. The van der Waals surface area contributed by atoms with Gasteiger partial charge in [0.1, 0.15) is 23.3 Å². The smallest absolute Gasteiger partial charge is 0.408 e.